The molecule has 3 aliphatic heterocycles. The van der Waals surface area contributed by atoms with Crippen LogP contribution in [-0.2, 0) is 20.9 Å². The van der Waals surface area contributed by atoms with Gasteiger partial charge in [0.25, 0.3) is 5.91 Å². The third-order valence-electron chi connectivity index (χ3n) is 11.1. The summed E-state index contributed by atoms with van der Waals surface area (Å²) in [6.07, 6.45) is 7.16. The Morgan fingerprint density at radius 2 is 1.67 bits per heavy atom. The van der Waals surface area contributed by atoms with Gasteiger partial charge in [0.1, 0.15) is 11.6 Å². The highest BCUT2D eigenvalue weighted by Crippen LogP contribution is 2.37. The molecule has 4 fully saturated rings. The number of piperazine rings is 1. The molecule has 2 atom stereocenters. The van der Waals surface area contributed by atoms with Crippen LogP contribution in [0.15, 0.2) is 24.3 Å². The molecule has 0 radical (unpaired) electrons. The summed E-state index contributed by atoms with van der Waals surface area (Å²) >= 11 is 0. The molecular formula is C36H54Cl2N6O5. The summed E-state index contributed by atoms with van der Waals surface area (Å²) in [6.45, 7) is 11.2. The number of ether oxygens (including phenoxy) is 1. The number of benzene rings is 1. The Kier molecular flexibility index (Phi) is 13.6. The van der Waals surface area contributed by atoms with E-state index in [0.29, 0.717) is 70.9 Å². The van der Waals surface area contributed by atoms with Gasteiger partial charge in [-0.25, -0.2) is 4.68 Å². The zero-order chi connectivity index (χ0) is 33.1. The van der Waals surface area contributed by atoms with Crippen molar-refractivity contribution in [1.29, 1.82) is 0 Å². The fourth-order valence-corrected chi connectivity index (χ4v) is 8.11. The Balaban J connectivity index is 0.00000270. The van der Waals surface area contributed by atoms with E-state index >= 15 is 0 Å². The number of halogens is 2. The molecule has 4 aliphatic rings. The molecule has 3 amide bonds. The van der Waals surface area contributed by atoms with E-state index in [0.717, 1.165) is 61.2 Å². The number of aliphatic hydroxyl groups is 1. The largest absolute Gasteiger partial charge is 0.390 e. The highest BCUT2D eigenvalue weighted by Gasteiger charge is 2.55. The second-order valence-electron chi connectivity index (χ2n) is 14.0. The summed E-state index contributed by atoms with van der Waals surface area (Å²) in [5.41, 5.74) is 3.84. The van der Waals surface area contributed by atoms with E-state index in [2.05, 4.69) is 24.1 Å². The number of likely N-dealkylation sites (tertiary alicyclic amines) is 1. The van der Waals surface area contributed by atoms with E-state index in [1.54, 1.807) is 0 Å². The van der Waals surface area contributed by atoms with E-state index in [1.807, 2.05) is 45.7 Å². The van der Waals surface area contributed by atoms with Gasteiger partial charge in [-0.3, -0.25) is 19.3 Å². The van der Waals surface area contributed by atoms with Crippen molar-refractivity contribution in [3.05, 3.63) is 46.8 Å². The molecule has 4 heterocycles. The zero-order valence-corrected chi connectivity index (χ0v) is 30.8. The third kappa shape index (κ3) is 7.96. The number of hydrogen-bond donors (Lipinski definition) is 2. The minimum absolute atomic E-state index is 0. The van der Waals surface area contributed by atoms with Crippen LogP contribution in [0.4, 0.5) is 0 Å². The molecule has 1 aliphatic carbocycles. The standard InChI is InChI=1S/C36H52N6O5.2ClH/c1-4-5-17-41-34(45)31(32(43)27-9-7-6-8-10-27)37-35(46)36(41)15-18-39(19-16-36)24-30-25(2)38-42(26(30)3)29-13-11-28(12-14-29)33(44)40-20-22-47-23-21-40;;/h11-14,27,31-32,43H,4-10,15-24H2,1-3H3,(H,37,46);2*1H/t31-,32-;;/m1../s1. The van der Waals surface area contributed by atoms with Crippen molar-refractivity contribution >= 4 is 42.5 Å². The second-order valence-corrected chi connectivity index (χ2v) is 14.0. The lowest BCUT2D eigenvalue weighted by Gasteiger charge is -2.52. The Morgan fingerprint density at radius 3 is 2.31 bits per heavy atom. The lowest BCUT2D eigenvalue weighted by atomic mass is 9.78. The molecule has 49 heavy (non-hydrogen) atoms. The monoisotopic (exact) mass is 720 g/mol. The van der Waals surface area contributed by atoms with Gasteiger partial charge in [0.2, 0.25) is 11.8 Å². The second kappa shape index (κ2) is 17.0. The van der Waals surface area contributed by atoms with E-state index in [4.69, 9.17) is 9.84 Å². The lowest BCUT2D eigenvalue weighted by molar-refractivity contribution is -0.166. The average molecular weight is 722 g/mol. The van der Waals surface area contributed by atoms with E-state index in [1.165, 1.54) is 6.42 Å². The molecule has 11 nitrogen and oxygen atoms in total. The predicted molar refractivity (Wildman–Crippen MR) is 193 cm³/mol. The molecule has 1 spiro atoms. The van der Waals surface area contributed by atoms with Gasteiger partial charge in [0.05, 0.1) is 30.7 Å². The maximum Gasteiger partial charge on any atom is 0.254 e. The number of rotatable bonds is 9. The first kappa shape index (κ1) is 39.1. The SMILES string of the molecule is CCCCN1C(=O)[C@@H]([C@H](O)C2CCCCC2)NC(=O)C12CCN(Cc1c(C)nn(-c3ccc(C(=O)N4CCOCC4)cc3)c1C)CC2.Cl.Cl. The van der Waals surface area contributed by atoms with E-state index in [9.17, 15) is 19.5 Å². The van der Waals surface area contributed by atoms with Gasteiger partial charge < -0.3 is 25.0 Å². The molecule has 6 rings (SSSR count). The van der Waals surface area contributed by atoms with Crippen molar-refractivity contribution in [2.45, 2.75) is 103 Å². The van der Waals surface area contributed by atoms with Crippen molar-refractivity contribution in [3.63, 3.8) is 0 Å². The third-order valence-corrected chi connectivity index (χ3v) is 11.1. The van der Waals surface area contributed by atoms with Crippen molar-refractivity contribution in [2.24, 2.45) is 5.92 Å². The van der Waals surface area contributed by atoms with Crippen LogP contribution >= 0.6 is 24.8 Å². The van der Waals surface area contributed by atoms with Gasteiger partial charge in [-0.15, -0.1) is 24.8 Å². The number of hydrogen-bond acceptors (Lipinski definition) is 7. The van der Waals surface area contributed by atoms with Crippen molar-refractivity contribution in [3.8, 4) is 5.69 Å². The molecule has 2 aromatic rings. The number of piperidine rings is 1. The summed E-state index contributed by atoms with van der Waals surface area (Å²) in [5, 5.41) is 19.1. The van der Waals surface area contributed by atoms with Crippen LogP contribution in [0.25, 0.3) is 5.69 Å². The normalized spacial score (nSPS) is 22.3. The van der Waals surface area contributed by atoms with E-state index < -0.39 is 17.7 Å². The summed E-state index contributed by atoms with van der Waals surface area (Å²) < 4.78 is 7.32. The summed E-state index contributed by atoms with van der Waals surface area (Å²) in [7, 11) is 0. The van der Waals surface area contributed by atoms with Gasteiger partial charge in [-0.2, -0.15) is 5.10 Å². The average Bonchev–Trinajstić information content (AvgIpc) is 3.39. The van der Waals surface area contributed by atoms with Crippen molar-refractivity contribution < 1.29 is 24.2 Å². The van der Waals surface area contributed by atoms with Crippen LogP contribution in [0.2, 0.25) is 0 Å². The smallest absolute Gasteiger partial charge is 0.254 e. The number of nitrogens with zero attached hydrogens (tertiary/aromatic N) is 5. The molecular weight excluding hydrogens is 667 g/mol. The van der Waals surface area contributed by atoms with Gasteiger partial charge in [-0.1, -0.05) is 32.6 Å². The van der Waals surface area contributed by atoms with Crippen LogP contribution in [0.5, 0.6) is 0 Å². The first-order valence-electron chi connectivity index (χ1n) is 17.8. The first-order chi connectivity index (χ1) is 22.7. The topological polar surface area (TPSA) is 120 Å². The highest BCUT2D eigenvalue weighted by molar-refractivity contribution is 6.00. The number of aryl methyl sites for hydroxylation is 1. The number of unbranched alkanes of at least 4 members (excludes halogenated alkanes) is 1. The van der Waals surface area contributed by atoms with Crippen LogP contribution < -0.4 is 5.32 Å². The molecule has 13 heteroatoms. The molecule has 2 N–H and O–H groups in total. The molecule has 1 aromatic carbocycles. The fraction of sp³-hybridized carbons (Fsp3) is 0.667. The molecule has 0 bridgehead atoms. The molecule has 0 unspecified atom stereocenters. The number of morpholine rings is 1. The molecule has 3 saturated heterocycles. The number of carbonyl (C=O) groups is 3. The van der Waals surface area contributed by atoms with Crippen LogP contribution in [0, 0.1) is 19.8 Å². The minimum Gasteiger partial charge on any atom is -0.390 e. The van der Waals surface area contributed by atoms with E-state index in [-0.39, 0.29) is 48.5 Å². The summed E-state index contributed by atoms with van der Waals surface area (Å²) in [4.78, 5) is 46.8. The van der Waals surface area contributed by atoms with Crippen molar-refractivity contribution in [1.82, 2.24) is 29.8 Å². The zero-order valence-electron chi connectivity index (χ0n) is 29.2. The number of aromatic nitrogens is 2. The number of carbonyl (C=O) groups excluding carboxylic acids is 3. The van der Waals surface area contributed by atoms with Gasteiger partial charge in [-0.05, 0) is 76.1 Å². The Bertz CT molecular complexity index is 1430. The minimum atomic E-state index is -0.875. The Morgan fingerprint density at radius 1 is 1.02 bits per heavy atom. The van der Waals surface area contributed by atoms with Crippen LogP contribution in [-0.4, -0.2) is 111 Å². The molecule has 1 saturated carbocycles. The number of amides is 3. The number of nitrogens with one attached hydrogen (secondary N) is 1. The quantitative estimate of drug-likeness (QED) is 0.399. The number of aliphatic hydroxyl groups excluding tert-OH is 1. The Hall–Kier alpha value is -2.70. The predicted octanol–water partition coefficient (Wildman–Crippen LogP) is 4.21. The first-order valence-corrected chi connectivity index (χ1v) is 17.8. The molecule has 1 aromatic heterocycles. The highest BCUT2D eigenvalue weighted by atomic mass is 35.5. The molecule has 272 valence electrons. The summed E-state index contributed by atoms with van der Waals surface area (Å²) in [6, 6.07) is 6.78. The van der Waals surface area contributed by atoms with Crippen LogP contribution in [0.3, 0.4) is 0 Å². The Labute approximate surface area is 302 Å². The fourth-order valence-electron chi connectivity index (χ4n) is 8.11. The maximum atomic E-state index is 14.0. The van der Waals surface area contributed by atoms with Gasteiger partial charge in [0, 0.05) is 56.1 Å². The van der Waals surface area contributed by atoms with Crippen molar-refractivity contribution in [2.75, 3.05) is 45.9 Å². The maximum absolute atomic E-state index is 14.0. The van der Waals surface area contributed by atoms with Gasteiger partial charge in [0.15, 0.2) is 0 Å². The lowest BCUT2D eigenvalue weighted by Crippen LogP contribution is -2.75. The summed E-state index contributed by atoms with van der Waals surface area (Å²) in [5.74, 6) is -0.141. The van der Waals surface area contributed by atoms with Crippen LogP contribution in [0.1, 0.15) is 92.0 Å². The van der Waals surface area contributed by atoms with Gasteiger partial charge >= 0.3 is 0 Å².